The number of hydrogen-bond donors (Lipinski definition) is 0. The summed E-state index contributed by atoms with van der Waals surface area (Å²) in [5.74, 6) is 0.753. The maximum absolute atomic E-state index is 11.8. The van der Waals surface area contributed by atoms with Crippen molar-refractivity contribution in [3.8, 4) is 5.75 Å². The summed E-state index contributed by atoms with van der Waals surface area (Å²) in [5, 5.41) is 0. The minimum atomic E-state index is -0.0387. The van der Waals surface area contributed by atoms with Gasteiger partial charge < -0.3 is 9.64 Å². The summed E-state index contributed by atoms with van der Waals surface area (Å²) in [7, 11) is 1.64. The van der Waals surface area contributed by atoms with Crippen LogP contribution in [-0.2, 0) is 11.3 Å². The van der Waals surface area contributed by atoms with Crippen molar-refractivity contribution in [1.82, 2.24) is 4.90 Å². The molecule has 19 heavy (non-hydrogen) atoms. The van der Waals surface area contributed by atoms with Crippen LogP contribution in [0.15, 0.2) is 35.3 Å². The first kappa shape index (κ1) is 15.8. The molecule has 4 heteroatoms. The quantitative estimate of drug-likeness (QED) is 0.714. The molecule has 0 radical (unpaired) electrons. The van der Waals surface area contributed by atoms with Gasteiger partial charge in [0.25, 0.3) is 0 Å². The Morgan fingerprint density at radius 1 is 1.53 bits per heavy atom. The summed E-state index contributed by atoms with van der Waals surface area (Å²) in [6.07, 6.45) is 3.41. The number of rotatable bonds is 7. The third-order valence-electron chi connectivity index (χ3n) is 2.88. The highest BCUT2D eigenvalue weighted by Gasteiger charge is 2.12. The van der Waals surface area contributed by atoms with E-state index in [0.29, 0.717) is 6.54 Å². The Balaban J connectivity index is 2.88. The van der Waals surface area contributed by atoms with Gasteiger partial charge in [0.2, 0.25) is 5.91 Å². The van der Waals surface area contributed by atoms with Crippen LogP contribution in [0.2, 0.25) is 0 Å². The topological polar surface area (TPSA) is 29.5 Å². The predicted octanol–water partition coefficient (Wildman–Crippen LogP) is 3.77. The summed E-state index contributed by atoms with van der Waals surface area (Å²) in [6, 6.07) is 5.77. The number of amides is 1. The van der Waals surface area contributed by atoms with Crippen molar-refractivity contribution in [2.45, 2.75) is 26.3 Å². The summed E-state index contributed by atoms with van der Waals surface area (Å²) < 4.78 is 6.19. The van der Waals surface area contributed by atoms with Crippen LogP contribution >= 0.6 is 15.9 Å². The Hall–Kier alpha value is -1.29. The molecular formula is C15H20BrNO2. The average Bonchev–Trinajstić information content (AvgIpc) is 2.44. The van der Waals surface area contributed by atoms with Gasteiger partial charge in [-0.05, 0) is 36.3 Å². The lowest BCUT2D eigenvalue weighted by molar-refractivity contribution is -0.126. The van der Waals surface area contributed by atoms with Gasteiger partial charge in [-0.25, -0.2) is 0 Å². The van der Waals surface area contributed by atoms with Gasteiger partial charge in [-0.15, -0.1) is 0 Å². The van der Waals surface area contributed by atoms with Crippen molar-refractivity contribution < 1.29 is 9.53 Å². The van der Waals surface area contributed by atoms with E-state index in [1.807, 2.05) is 18.2 Å². The predicted molar refractivity (Wildman–Crippen MR) is 81.2 cm³/mol. The molecular weight excluding hydrogens is 306 g/mol. The van der Waals surface area contributed by atoms with Crippen LogP contribution in [0.3, 0.4) is 0 Å². The Morgan fingerprint density at radius 3 is 2.84 bits per heavy atom. The Bertz CT molecular complexity index is 446. The zero-order valence-corrected chi connectivity index (χ0v) is 13.1. The van der Waals surface area contributed by atoms with Crippen molar-refractivity contribution in [2.24, 2.45) is 0 Å². The molecule has 0 heterocycles. The smallest absolute Gasteiger partial charge is 0.246 e. The van der Waals surface area contributed by atoms with Gasteiger partial charge in [0.1, 0.15) is 5.75 Å². The van der Waals surface area contributed by atoms with Gasteiger partial charge in [0.15, 0.2) is 0 Å². The third kappa shape index (κ3) is 4.71. The van der Waals surface area contributed by atoms with E-state index in [1.54, 1.807) is 12.0 Å². The first-order valence-corrected chi connectivity index (χ1v) is 7.15. The van der Waals surface area contributed by atoms with E-state index >= 15 is 0 Å². The second-order valence-corrected chi connectivity index (χ2v) is 5.13. The molecule has 0 atom stereocenters. The lowest BCUT2D eigenvalue weighted by Gasteiger charge is -2.22. The van der Waals surface area contributed by atoms with Crippen LogP contribution in [0.4, 0.5) is 0 Å². The highest BCUT2D eigenvalue weighted by Crippen LogP contribution is 2.24. The summed E-state index contributed by atoms with van der Waals surface area (Å²) in [5.41, 5.74) is 1.03. The fourth-order valence-electron chi connectivity index (χ4n) is 1.75. The van der Waals surface area contributed by atoms with Crippen LogP contribution in [-0.4, -0.2) is 24.5 Å². The second kappa shape index (κ2) is 8.00. The SMILES string of the molecule is C=CC(=O)N(CCCC)Cc1cc(OC)ccc1Br. The van der Waals surface area contributed by atoms with Gasteiger partial charge in [0, 0.05) is 17.6 Å². The van der Waals surface area contributed by atoms with E-state index in [2.05, 4.69) is 29.4 Å². The van der Waals surface area contributed by atoms with E-state index in [9.17, 15) is 4.79 Å². The first-order valence-electron chi connectivity index (χ1n) is 6.36. The average molecular weight is 326 g/mol. The molecule has 0 aromatic heterocycles. The fraction of sp³-hybridized carbons (Fsp3) is 0.400. The number of ether oxygens (including phenoxy) is 1. The summed E-state index contributed by atoms with van der Waals surface area (Å²) in [6.45, 7) is 6.97. The maximum atomic E-state index is 11.8. The lowest BCUT2D eigenvalue weighted by atomic mass is 10.2. The summed E-state index contributed by atoms with van der Waals surface area (Å²) >= 11 is 3.51. The number of benzene rings is 1. The Kier molecular flexibility index (Phi) is 6.64. The second-order valence-electron chi connectivity index (χ2n) is 4.27. The van der Waals surface area contributed by atoms with Crippen LogP contribution in [0, 0.1) is 0 Å². The number of hydrogen-bond acceptors (Lipinski definition) is 2. The molecule has 0 saturated carbocycles. The van der Waals surface area contributed by atoms with E-state index in [0.717, 1.165) is 35.2 Å². The van der Waals surface area contributed by atoms with Gasteiger partial charge in [-0.1, -0.05) is 35.9 Å². The van der Waals surface area contributed by atoms with Crippen LogP contribution in [0.1, 0.15) is 25.3 Å². The molecule has 1 aromatic rings. The maximum Gasteiger partial charge on any atom is 0.246 e. The normalized spacial score (nSPS) is 10.1. The molecule has 0 unspecified atom stereocenters. The van der Waals surface area contributed by atoms with E-state index in [-0.39, 0.29) is 5.91 Å². The monoisotopic (exact) mass is 325 g/mol. The van der Waals surface area contributed by atoms with E-state index in [4.69, 9.17) is 4.74 Å². The molecule has 0 saturated heterocycles. The van der Waals surface area contributed by atoms with E-state index < -0.39 is 0 Å². The van der Waals surface area contributed by atoms with Gasteiger partial charge in [0.05, 0.1) is 7.11 Å². The van der Waals surface area contributed by atoms with Crippen LogP contribution < -0.4 is 4.74 Å². The molecule has 104 valence electrons. The minimum Gasteiger partial charge on any atom is -0.497 e. The largest absolute Gasteiger partial charge is 0.497 e. The molecule has 1 amide bonds. The van der Waals surface area contributed by atoms with Crippen molar-refractivity contribution in [3.05, 3.63) is 40.9 Å². The van der Waals surface area contributed by atoms with Crippen molar-refractivity contribution in [3.63, 3.8) is 0 Å². The highest BCUT2D eigenvalue weighted by atomic mass is 79.9. The molecule has 1 rings (SSSR count). The molecule has 0 fully saturated rings. The van der Waals surface area contributed by atoms with Crippen LogP contribution in [0.25, 0.3) is 0 Å². The van der Waals surface area contributed by atoms with Gasteiger partial charge in [-0.2, -0.15) is 0 Å². The number of carbonyl (C=O) groups is 1. The standard InChI is InChI=1S/C15H20BrNO2/c1-4-6-9-17(15(18)5-2)11-12-10-13(19-3)7-8-14(12)16/h5,7-8,10H,2,4,6,9,11H2,1,3H3. The number of methoxy groups -OCH3 is 1. The van der Waals surface area contributed by atoms with Gasteiger partial charge in [-0.3, -0.25) is 4.79 Å². The number of carbonyl (C=O) groups excluding carboxylic acids is 1. The molecule has 0 aliphatic rings. The van der Waals surface area contributed by atoms with Crippen molar-refractivity contribution >= 4 is 21.8 Å². The Morgan fingerprint density at radius 2 is 2.26 bits per heavy atom. The highest BCUT2D eigenvalue weighted by molar-refractivity contribution is 9.10. The number of unbranched alkanes of at least 4 members (excludes halogenated alkanes) is 1. The van der Waals surface area contributed by atoms with Crippen molar-refractivity contribution in [1.29, 1.82) is 0 Å². The molecule has 0 N–H and O–H groups in total. The molecule has 0 aliphatic carbocycles. The minimum absolute atomic E-state index is 0.0387. The Labute approximate surface area is 123 Å². The third-order valence-corrected chi connectivity index (χ3v) is 3.66. The molecule has 0 aliphatic heterocycles. The lowest BCUT2D eigenvalue weighted by Crippen LogP contribution is -2.30. The first-order chi connectivity index (χ1) is 9.12. The van der Waals surface area contributed by atoms with Gasteiger partial charge >= 0.3 is 0 Å². The summed E-state index contributed by atoms with van der Waals surface area (Å²) in [4.78, 5) is 13.7. The van der Waals surface area contributed by atoms with Crippen molar-refractivity contribution in [2.75, 3.05) is 13.7 Å². The fourth-order valence-corrected chi connectivity index (χ4v) is 2.12. The van der Waals surface area contributed by atoms with Crippen LogP contribution in [0.5, 0.6) is 5.75 Å². The zero-order valence-electron chi connectivity index (χ0n) is 11.5. The molecule has 0 spiro atoms. The molecule has 3 nitrogen and oxygen atoms in total. The zero-order chi connectivity index (χ0) is 14.3. The molecule has 1 aromatic carbocycles. The van der Waals surface area contributed by atoms with E-state index in [1.165, 1.54) is 6.08 Å². The number of halogens is 1. The molecule has 0 bridgehead atoms. The number of nitrogens with zero attached hydrogens (tertiary/aromatic N) is 1.